The molecule has 2 atom stereocenters. The van der Waals surface area contributed by atoms with E-state index in [9.17, 15) is 18.3 Å². The number of hydrogen-bond acceptors (Lipinski definition) is 4. The van der Waals surface area contributed by atoms with Crippen molar-refractivity contribution in [2.24, 2.45) is 0 Å². The second-order valence-electron chi connectivity index (χ2n) is 7.13. The summed E-state index contributed by atoms with van der Waals surface area (Å²) in [5, 5.41) is 20.7. The van der Waals surface area contributed by atoms with Gasteiger partial charge in [0.1, 0.15) is 35.4 Å². The van der Waals surface area contributed by atoms with E-state index in [1.54, 1.807) is 19.9 Å². The molecule has 0 saturated carbocycles. The molecule has 156 valence electrons. The van der Waals surface area contributed by atoms with Gasteiger partial charge in [-0.15, -0.1) is 0 Å². The molecular formula is C20H17ClF3N5O. The molecule has 0 radical (unpaired) electrons. The summed E-state index contributed by atoms with van der Waals surface area (Å²) in [6, 6.07) is 4.62. The van der Waals surface area contributed by atoms with Crippen LogP contribution in [0.2, 0.25) is 5.02 Å². The molecular weight excluding hydrogens is 419 g/mol. The van der Waals surface area contributed by atoms with E-state index in [0.717, 1.165) is 18.2 Å². The summed E-state index contributed by atoms with van der Waals surface area (Å²) in [4.78, 5) is 3.84. The minimum absolute atomic E-state index is 0.115. The number of aryl methyl sites for hydroxylation is 1. The van der Waals surface area contributed by atoms with Gasteiger partial charge in [-0.05, 0) is 32.0 Å². The van der Waals surface area contributed by atoms with Crippen LogP contribution in [0.15, 0.2) is 43.0 Å². The third kappa shape index (κ3) is 3.33. The highest BCUT2D eigenvalue weighted by Crippen LogP contribution is 2.39. The van der Waals surface area contributed by atoms with Crippen LogP contribution in [0.25, 0.3) is 10.9 Å². The Morgan fingerprint density at radius 1 is 1.17 bits per heavy atom. The third-order valence-corrected chi connectivity index (χ3v) is 5.45. The first-order valence-electron chi connectivity index (χ1n) is 9.05. The van der Waals surface area contributed by atoms with Crippen LogP contribution in [0.3, 0.4) is 0 Å². The first-order chi connectivity index (χ1) is 14.2. The van der Waals surface area contributed by atoms with Crippen LogP contribution < -0.4 is 0 Å². The molecule has 0 fully saturated rings. The largest absolute Gasteiger partial charge is 0.381 e. The molecule has 4 aromatic rings. The zero-order valence-corrected chi connectivity index (χ0v) is 16.8. The van der Waals surface area contributed by atoms with Crippen molar-refractivity contribution in [2.75, 3.05) is 0 Å². The molecule has 0 unspecified atom stereocenters. The molecule has 2 heterocycles. The van der Waals surface area contributed by atoms with E-state index in [-0.39, 0.29) is 22.6 Å². The van der Waals surface area contributed by atoms with Crippen molar-refractivity contribution in [1.29, 1.82) is 0 Å². The molecule has 1 N–H and O–H groups in total. The highest BCUT2D eigenvalue weighted by atomic mass is 35.5. The van der Waals surface area contributed by atoms with E-state index in [0.29, 0.717) is 17.1 Å². The predicted octanol–water partition coefficient (Wildman–Crippen LogP) is 4.16. The Morgan fingerprint density at radius 2 is 1.93 bits per heavy atom. The van der Waals surface area contributed by atoms with Gasteiger partial charge in [0.25, 0.3) is 0 Å². The molecule has 2 aromatic carbocycles. The van der Waals surface area contributed by atoms with Gasteiger partial charge < -0.3 is 5.11 Å². The Bertz CT molecular complexity index is 1230. The minimum atomic E-state index is -1.97. The molecule has 0 aliphatic rings. The summed E-state index contributed by atoms with van der Waals surface area (Å²) in [5.41, 5.74) is -1.55. The molecule has 0 amide bonds. The van der Waals surface area contributed by atoms with E-state index in [2.05, 4.69) is 15.2 Å². The maximum absolute atomic E-state index is 14.8. The first-order valence-corrected chi connectivity index (χ1v) is 9.42. The van der Waals surface area contributed by atoms with Crippen LogP contribution in [0.1, 0.15) is 24.2 Å². The lowest BCUT2D eigenvalue weighted by Gasteiger charge is -2.35. The van der Waals surface area contributed by atoms with Crippen LogP contribution in [0.4, 0.5) is 13.2 Å². The molecule has 6 nitrogen and oxygen atoms in total. The van der Waals surface area contributed by atoms with Crippen LogP contribution in [-0.2, 0) is 12.1 Å². The topological polar surface area (TPSA) is 68.8 Å². The minimum Gasteiger partial charge on any atom is -0.381 e. The highest BCUT2D eigenvalue weighted by molar-refractivity contribution is 6.31. The van der Waals surface area contributed by atoms with E-state index >= 15 is 0 Å². The van der Waals surface area contributed by atoms with Crippen molar-refractivity contribution in [3.63, 3.8) is 0 Å². The van der Waals surface area contributed by atoms with Crippen molar-refractivity contribution in [3.05, 3.63) is 76.7 Å². The van der Waals surface area contributed by atoms with Gasteiger partial charge in [0, 0.05) is 22.0 Å². The lowest BCUT2D eigenvalue weighted by Crippen LogP contribution is -2.41. The van der Waals surface area contributed by atoms with Crippen molar-refractivity contribution in [1.82, 2.24) is 24.5 Å². The third-order valence-electron chi connectivity index (χ3n) is 5.23. The Balaban J connectivity index is 1.93. The van der Waals surface area contributed by atoms with Crippen LogP contribution in [0.5, 0.6) is 0 Å². The molecule has 30 heavy (non-hydrogen) atoms. The SMILES string of the molecule is Cc1nn([C@H](C)[C@](O)(Cn2cncn2)c2ccc(F)cc2F)c2c(F)cc(Cl)cc12. The molecule has 0 bridgehead atoms. The number of aliphatic hydroxyl groups is 1. The second-order valence-corrected chi connectivity index (χ2v) is 7.57. The predicted molar refractivity (Wildman–Crippen MR) is 104 cm³/mol. The van der Waals surface area contributed by atoms with Gasteiger partial charge in [-0.25, -0.2) is 22.8 Å². The normalized spacial score (nSPS) is 14.8. The van der Waals surface area contributed by atoms with E-state index in [1.807, 2.05) is 0 Å². The smallest absolute Gasteiger partial charge is 0.150 e. The summed E-state index contributed by atoms with van der Waals surface area (Å²) in [6.45, 7) is 3.02. The van der Waals surface area contributed by atoms with Crippen molar-refractivity contribution < 1.29 is 18.3 Å². The lowest BCUT2D eigenvalue weighted by atomic mass is 9.86. The molecule has 0 spiro atoms. The highest BCUT2D eigenvalue weighted by Gasteiger charge is 2.41. The number of fused-ring (bicyclic) bond motifs is 1. The lowest BCUT2D eigenvalue weighted by molar-refractivity contribution is -0.0356. The fourth-order valence-corrected chi connectivity index (χ4v) is 3.87. The Labute approximate surface area is 174 Å². The van der Waals surface area contributed by atoms with Gasteiger partial charge >= 0.3 is 0 Å². The van der Waals surface area contributed by atoms with E-state index < -0.39 is 29.1 Å². The van der Waals surface area contributed by atoms with Crippen molar-refractivity contribution >= 4 is 22.5 Å². The average molecular weight is 436 g/mol. The van der Waals surface area contributed by atoms with Gasteiger partial charge in [-0.2, -0.15) is 10.2 Å². The fraction of sp³-hybridized carbons (Fsp3) is 0.250. The number of benzene rings is 2. The van der Waals surface area contributed by atoms with Crippen molar-refractivity contribution in [3.8, 4) is 0 Å². The molecule has 0 saturated heterocycles. The van der Waals surface area contributed by atoms with Gasteiger partial charge in [-0.1, -0.05) is 17.7 Å². The molecule has 0 aliphatic carbocycles. The number of hydrogen-bond donors (Lipinski definition) is 1. The average Bonchev–Trinajstić information content (AvgIpc) is 3.29. The summed E-state index contributed by atoms with van der Waals surface area (Å²) < 4.78 is 45.6. The first kappa shape index (κ1) is 20.4. The van der Waals surface area contributed by atoms with Gasteiger partial charge in [-0.3, -0.25) is 4.68 Å². The summed E-state index contributed by atoms with van der Waals surface area (Å²) in [6.07, 6.45) is 2.62. The maximum Gasteiger partial charge on any atom is 0.150 e. The molecule has 4 rings (SSSR count). The zero-order chi connectivity index (χ0) is 21.6. The van der Waals surface area contributed by atoms with Crippen LogP contribution in [-0.4, -0.2) is 29.7 Å². The Kier molecular flexibility index (Phi) is 5.03. The Hall–Kier alpha value is -2.91. The van der Waals surface area contributed by atoms with Crippen LogP contribution in [0, 0.1) is 24.4 Å². The van der Waals surface area contributed by atoms with Gasteiger partial charge in [0.2, 0.25) is 0 Å². The molecule has 0 aliphatic heterocycles. The Morgan fingerprint density at radius 3 is 2.60 bits per heavy atom. The standard InChI is InChI=1S/C20H17ClF3N5O/c1-11-15-5-13(21)6-18(24)19(15)29(27-11)12(2)20(30,8-28-10-25-9-26-28)16-4-3-14(22)7-17(16)23/h3-7,9-10,12,30H,8H2,1-2H3/t12-,20-/m1/s1. The molecule has 2 aromatic heterocycles. The molecule has 10 heteroatoms. The zero-order valence-electron chi connectivity index (χ0n) is 16.0. The monoisotopic (exact) mass is 435 g/mol. The summed E-state index contributed by atoms with van der Waals surface area (Å²) in [5.74, 6) is -2.36. The number of nitrogens with zero attached hydrogens (tertiary/aromatic N) is 5. The van der Waals surface area contributed by atoms with Crippen molar-refractivity contribution in [2.45, 2.75) is 32.0 Å². The summed E-state index contributed by atoms with van der Waals surface area (Å²) >= 11 is 5.97. The number of rotatable bonds is 5. The van der Waals surface area contributed by atoms with E-state index in [4.69, 9.17) is 11.6 Å². The van der Waals surface area contributed by atoms with E-state index in [1.165, 1.54) is 22.0 Å². The quantitative estimate of drug-likeness (QED) is 0.511. The maximum atomic E-state index is 14.8. The van der Waals surface area contributed by atoms with Crippen LogP contribution >= 0.6 is 11.6 Å². The fourth-order valence-electron chi connectivity index (χ4n) is 3.67. The van der Waals surface area contributed by atoms with Gasteiger partial charge in [0.05, 0.1) is 18.3 Å². The van der Waals surface area contributed by atoms with Gasteiger partial charge in [0.15, 0.2) is 5.82 Å². The summed E-state index contributed by atoms with van der Waals surface area (Å²) in [7, 11) is 0. The second kappa shape index (κ2) is 7.41. The number of aromatic nitrogens is 5. The number of halogens is 4.